The highest BCUT2D eigenvalue weighted by Gasteiger charge is 2.51. The second-order valence-electron chi connectivity index (χ2n) is 9.64. The zero-order chi connectivity index (χ0) is 22.0. The molecule has 8 heteroatoms. The monoisotopic (exact) mass is 444 g/mol. The van der Waals surface area contributed by atoms with E-state index in [0.717, 1.165) is 48.8 Å². The molecule has 0 heterocycles. The summed E-state index contributed by atoms with van der Waals surface area (Å²) in [5, 5.41) is 8.87. The fourth-order valence-electron chi connectivity index (χ4n) is 5.90. The van der Waals surface area contributed by atoms with Gasteiger partial charge in [-0.15, -0.1) is 0 Å². The van der Waals surface area contributed by atoms with E-state index >= 15 is 0 Å². The summed E-state index contributed by atoms with van der Waals surface area (Å²) < 4.78 is 0. The number of hydrogen-bond donors (Lipinski definition) is 3. The first kappa shape index (κ1) is 22.0. The summed E-state index contributed by atoms with van der Waals surface area (Å²) in [5.74, 6) is 2.12. The Morgan fingerprint density at radius 1 is 1.03 bits per heavy atom. The molecule has 4 aliphatic carbocycles. The van der Waals surface area contributed by atoms with E-state index in [1.807, 2.05) is 12.1 Å². The van der Waals surface area contributed by atoms with Crippen LogP contribution in [0.2, 0.25) is 0 Å². The Morgan fingerprint density at radius 3 is 2.26 bits per heavy atom. The highest BCUT2D eigenvalue weighted by Crippen LogP contribution is 2.55. The quantitative estimate of drug-likeness (QED) is 0.577. The Morgan fingerprint density at radius 2 is 1.65 bits per heavy atom. The third kappa shape index (κ3) is 5.34. The third-order valence-electron chi connectivity index (χ3n) is 6.78. The van der Waals surface area contributed by atoms with Gasteiger partial charge in [-0.05, 0) is 80.2 Å². The topological polar surface area (TPSA) is 90.5 Å². The van der Waals surface area contributed by atoms with E-state index in [0.29, 0.717) is 10.6 Å². The average molecular weight is 445 g/mol. The summed E-state index contributed by atoms with van der Waals surface area (Å²) in [6.07, 6.45) is 7.50. The van der Waals surface area contributed by atoms with Gasteiger partial charge in [0.1, 0.15) is 0 Å². The fraction of sp³-hybridized carbons (Fsp3) is 0.609. The van der Waals surface area contributed by atoms with Crippen LogP contribution in [0, 0.1) is 17.8 Å². The summed E-state index contributed by atoms with van der Waals surface area (Å²) in [6.45, 7) is 0.274. The molecule has 5 rings (SSSR count). The Kier molecular flexibility index (Phi) is 6.46. The molecule has 0 aliphatic heterocycles. The van der Waals surface area contributed by atoms with Gasteiger partial charge in [-0.1, -0.05) is 12.1 Å². The number of nitrogens with one attached hydrogen (secondary N) is 3. The second kappa shape index (κ2) is 9.10. The number of para-hydroxylation sites is 1. The summed E-state index contributed by atoms with van der Waals surface area (Å²) in [4.78, 5) is 39.1. The lowest BCUT2D eigenvalue weighted by Crippen LogP contribution is -2.61. The largest absolute Gasteiger partial charge is 0.339 e. The van der Waals surface area contributed by atoms with E-state index in [-0.39, 0.29) is 35.7 Å². The molecule has 0 radical (unpaired) electrons. The molecule has 0 aromatic heterocycles. The molecular weight excluding hydrogens is 412 g/mol. The molecule has 0 unspecified atom stereocenters. The number of hydrogen-bond acceptors (Lipinski definition) is 4. The van der Waals surface area contributed by atoms with Crippen LogP contribution >= 0.6 is 11.8 Å². The van der Waals surface area contributed by atoms with Gasteiger partial charge in [-0.25, -0.2) is 4.79 Å². The molecule has 4 bridgehead atoms. The Balaban J connectivity index is 1.23. The van der Waals surface area contributed by atoms with Crippen molar-refractivity contribution in [2.24, 2.45) is 17.8 Å². The van der Waals surface area contributed by atoms with Gasteiger partial charge >= 0.3 is 6.03 Å². The molecular formula is C23H32N4O3S. The Hall–Kier alpha value is -2.22. The predicted molar refractivity (Wildman–Crippen MR) is 122 cm³/mol. The van der Waals surface area contributed by atoms with Gasteiger partial charge in [0.15, 0.2) is 0 Å². The third-order valence-corrected chi connectivity index (χ3v) is 7.89. The molecule has 4 saturated carbocycles. The van der Waals surface area contributed by atoms with Crippen molar-refractivity contribution in [1.29, 1.82) is 0 Å². The number of anilines is 1. The molecule has 1 aromatic rings. The van der Waals surface area contributed by atoms with Crippen LogP contribution in [0.15, 0.2) is 29.2 Å². The molecule has 3 N–H and O–H groups in total. The van der Waals surface area contributed by atoms with E-state index < -0.39 is 0 Å². The summed E-state index contributed by atoms with van der Waals surface area (Å²) in [7, 11) is 3.38. The van der Waals surface area contributed by atoms with Crippen LogP contribution in [-0.2, 0) is 4.79 Å². The highest BCUT2D eigenvalue weighted by atomic mass is 32.2. The first-order valence-electron chi connectivity index (χ1n) is 11.2. The molecule has 7 nitrogen and oxygen atoms in total. The number of amides is 4. The molecule has 4 fully saturated rings. The first-order chi connectivity index (χ1) is 14.8. The van der Waals surface area contributed by atoms with E-state index in [1.165, 1.54) is 24.2 Å². The Labute approximate surface area is 188 Å². The highest BCUT2D eigenvalue weighted by molar-refractivity contribution is 8.13. The van der Waals surface area contributed by atoms with E-state index in [1.54, 1.807) is 26.2 Å². The number of thioether (sulfide) groups is 1. The van der Waals surface area contributed by atoms with Gasteiger partial charge in [0, 0.05) is 37.5 Å². The van der Waals surface area contributed by atoms with E-state index in [4.69, 9.17) is 0 Å². The normalized spacial score (nSPS) is 28.1. The molecule has 31 heavy (non-hydrogen) atoms. The van der Waals surface area contributed by atoms with Crippen molar-refractivity contribution in [2.75, 3.05) is 26.0 Å². The van der Waals surface area contributed by atoms with E-state index in [2.05, 4.69) is 16.0 Å². The second-order valence-corrected chi connectivity index (χ2v) is 10.6. The van der Waals surface area contributed by atoms with Crippen molar-refractivity contribution in [1.82, 2.24) is 15.5 Å². The van der Waals surface area contributed by atoms with Crippen molar-refractivity contribution in [3.63, 3.8) is 0 Å². The maximum Gasteiger partial charge on any atom is 0.315 e. The lowest BCUT2D eigenvalue weighted by atomic mass is 9.53. The minimum absolute atomic E-state index is 0.0315. The predicted octanol–water partition coefficient (Wildman–Crippen LogP) is 4.06. The number of rotatable bonds is 6. The smallest absolute Gasteiger partial charge is 0.315 e. The maximum atomic E-state index is 12.5. The van der Waals surface area contributed by atoms with Gasteiger partial charge < -0.3 is 20.9 Å². The first-order valence-corrected chi connectivity index (χ1v) is 12.0. The van der Waals surface area contributed by atoms with Crippen molar-refractivity contribution < 1.29 is 14.4 Å². The summed E-state index contributed by atoms with van der Waals surface area (Å²) >= 11 is 1.07. The van der Waals surface area contributed by atoms with Crippen molar-refractivity contribution in [2.45, 2.75) is 55.4 Å². The van der Waals surface area contributed by atoms with Crippen LogP contribution in [-0.4, -0.2) is 48.3 Å². The minimum Gasteiger partial charge on any atom is -0.339 e. The molecule has 4 aliphatic rings. The number of benzene rings is 1. The minimum atomic E-state index is -0.194. The number of carbonyl (C=O) groups excluding carboxylic acids is 3. The van der Waals surface area contributed by atoms with Crippen LogP contribution in [0.4, 0.5) is 15.3 Å². The van der Waals surface area contributed by atoms with Crippen LogP contribution in [0.5, 0.6) is 0 Å². The van der Waals surface area contributed by atoms with Crippen LogP contribution < -0.4 is 16.0 Å². The van der Waals surface area contributed by atoms with Crippen molar-refractivity contribution >= 4 is 34.6 Å². The van der Waals surface area contributed by atoms with Crippen molar-refractivity contribution in [3.05, 3.63) is 24.3 Å². The molecule has 0 spiro atoms. The van der Waals surface area contributed by atoms with Crippen molar-refractivity contribution in [3.8, 4) is 0 Å². The summed E-state index contributed by atoms with van der Waals surface area (Å²) in [6, 6.07) is 7.06. The van der Waals surface area contributed by atoms with Crippen LogP contribution in [0.25, 0.3) is 0 Å². The standard InChI is InChI=1S/C23H32N4O3S/c1-27(2)22(30)31-19-6-4-3-5-18(19)25-20(28)7-8-24-21(29)26-23-12-15-9-16(13-23)11-17(10-15)14-23/h3-6,15-17H,7-14H2,1-2H3,(H,25,28)(H2,24,26,29). The molecule has 4 amide bonds. The number of carbonyl (C=O) groups is 3. The maximum absolute atomic E-state index is 12.5. The number of nitrogens with zero attached hydrogens (tertiary/aromatic N) is 1. The lowest BCUT2D eigenvalue weighted by Gasteiger charge is -2.56. The van der Waals surface area contributed by atoms with Gasteiger partial charge in [0.05, 0.1) is 5.69 Å². The fourth-order valence-corrected chi connectivity index (χ4v) is 6.64. The molecule has 168 valence electrons. The SMILES string of the molecule is CN(C)C(=O)Sc1ccccc1NC(=O)CCNC(=O)NC12CC3CC(CC(C3)C1)C2. The Bertz CT molecular complexity index is 822. The van der Waals surface area contributed by atoms with E-state index in [9.17, 15) is 14.4 Å². The van der Waals surface area contributed by atoms with Gasteiger partial charge in [0.2, 0.25) is 5.91 Å². The van der Waals surface area contributed by atoms with Gasteiger partial charge in [0.25, 0.3) is 5.24 Å². The van der Waals surface area contributed by atoms with Gasteiger partial charge in [-0.3, -0.25) is 9.59 Å². The van der Waals surface area contributed by atoms with Crippen LogP contribution in [0.1, 0.15) is 44.9 Å². The average Bonchev–Trinajstić information content (AvgIpc) is 2.67. The molecule has 1 aromatic carbocycles. The van der Waals surface area contributed by atoms with Crippen LogP contribution in [0.3, 0.4) is 0 Å². The number of urea groups is 1. The zero-order valence-electron chi connectivity index (χ0n) is 18.3. The molecule has 0 saturated heterocycles. The summed E-state index contributed by atoms with van der Waals surface area (Å²) in [5.41, 5.74) is 0.571. The lowest BCUT2D eigenvalue weighted by molar-refractivity contribution is -0.116. The molecule has 0 atom stereocenters. The zero-order valence-corrected chi connectivity index (χ0v) is 19.1. The van der Waals surface area contributed by atoms with Gasteiger partial charge in [-0.2, -0.15) is 0 Å².